The zero-order valence-corrected chi connectivity index (χ0v) is 17.0. The summed E-state index contributed by atoms with van der Waals surface area (Å²) in [6.07, 6.45) is 4.28. The molecule has 1 N–H and O–H groups in total. The van der Waals surface area contributed by atoms with Crippen LogP contribution < -0.4 is 10.2 Å². The molecule has 6 nitrogen and oxygen atoms in total. The number of carbonyl (C=O) groups excluding carboxylic acids is 2. The minimum Gasteiger partial charge on any atom is -0.459 e. The molecule has 2 amide bonds. The molecule has 4 aromatic rings. The molecule has 0 saturated heterocycles. The average molecular weight is 411 g/mol. The topological polar surface area (TPSA) is 67.5 Å². The van der Waals surface area contributed by atoms with Gasteiger partial charge in [0.2, 0.25) is 0 Å². The first-order valence-corrected chi connectivity index (χ1v) is 10.1. The van der Waals surface area contributed by atoms with E-state index in [4.69, 9.17) is 4.42 Å². The predicted octanol–water partition coefficient (Wildman–Crippen LogP) is 4.83. The Labute approximate surface area is 179 Å². The van der Waals surface area contributed by atoms with Crippen molar-refractivity contribution in [2.75, 3.05) is 16.8 Å². The summed E-state index contributed by atoms with van der Waals surface area (Å²) in [5.41, 5.74) is 4.99. The summed E-state index contributed by atoms with van der Waals surface area (Å²) in [6, 6.07) is 20.7. The first-order chi connectivity index (χ1) is 15.1. The van der Waals surface area contributed by atoms with Crippen molar-refractivity contribution in [1.29, 1.82) is 0 Å². The quantitative estimate of drug-likeness (QED) is 0.525. The lowest BCUT2D eigenvalue weighted by atomic mass is 10.1. The molecule has 0 saturated carbocycles. The number of aryl methyl sites for hydroxylation is 1. The molecule has 0 fully saturated rings. The third kappa shape index (κ3) is 3.42. The molecule has 3 heterocycles. The maximum atomic E-state index is 13.4. The molecule has 0 aliphatic carbocycles. The highest BCUT2D eigenvalue weighted by molar-refractivity contribution is 6.08. The van der Waals surface area contributed by atoms with Crippen molar-refractivity contribution >= 4 is 23.2 Å². The molecule has 31 heavy (non-hydrogen) atoms. The second kappa shape index (κ2) is 7.65. The standard InChI is InChI=1S/C25H21N3O3/c1-17-13-16-31-23(17)24(29)26-19-10-8-18(9-11-19)25(30)28-15-12-20-5-4-14-27(20)21-6-2-3-7-22(21)28/h2-11,13-14,16H,12,15H2,1H3,(H,26,29). The SMILES string of the molecule is Cc1ccoc1C(=O)Nc1ccc(C(=O)N2CCc3cccn3-c3ccccc32)cc1. The zero-order chi connectivity index (χ0) is 21.4. The van der Waals surface area contributed by atoms with E-state index in [2.05, 4.69) is 16.0 Å². The second-order valence-corrected chi connectivity index (χ2v) is 7.53. The molecule has 1 aliphatic rings. The van der Waals surface area contributed by atoms with Crippen LogP contribution >= 0.6 is 0 Å². The van der Waals surface area contributed by atoms with Crippen LogP contribution in [-0.4, -0.2) is 22.9 Å². The Bertz CT molecular complexity index is 1270. The Balaban J connectivity index is 1.39. The number of hydrogen-bond acceptors (Lipinski definition) is 3. The number of carbonyl (C=O) groups is 2. The Kier molecular flexibility index (Phi) is 4.67. The number of hydrogen-bond donors (Lipinski definition) is 1. The number of aromatic nitrogens is 1. The third-order valence-corrected chi connectivity index (χ3v) is 5.56. The molecule has 2 aromatic carbocycles. The van der Waals surface area contributed by atoms with E-state index in [1.165, 1.54) is 12.0 Å². The number of rotatable bonds is 3. The minimum atomic E-state index is -0.315. The summed E-state index contributed by atoms with van der Waals surface area (Å²) in [6.45, 7) is 2.41. The molecule has 2 aromatic heterocycles. The van der Waals surface area contributed by atoms with E-state index >= 15 is 0 Å². The summed E-state index contributed by atoms with van der Waals surface area (Å²) in [5, 5.41) is 2.80. The van der Waals surface area contributed by atoms with Gasteiger partial charge in [-0.3, -0.25) is 9.59 Å². The van der Waals surface area contributed by atoms with E-state index in [0.717, 1.165) is 23.4 Å². The van der Waals surface area contributed by atoms with Gasteiger partial charge >= 0.3 is 0 Å². The molecule has 0 unspecified atom stereocenters. The predicted molar refractivity (Wildman–Crippen MR) is 119 cm³/mol. The van der Waals surface area contributed by atoms with Crippen molar-refractivity contribution in [3.63, 3.8) is 0 Å². The van der Waals surface area contributed by atoms with Gasteiger partial charge < -0.3 is 19.2 Å². The van der Waals surface area contributed by atoms with Gasteiger partial charge in [-0.2, -0.15) is 0 Å². The zero-order valence-electron chi connectivity index (χ0n) is 17.0. The van der Waals surface area contributed by atoms with Gasteiger partial charge in [-0.05, 0) is 61.5 Å². The monoisotopic (exact) mass is 411 g/mol. The Morgan fingerprint density at radius 1 is 0.935 bits per heavy atom. The van der Waals surface area contributed by atoms with Gasteiger partial charge in [0.05, 0.1) is 17.6 Å². The fourth-order valence-electron chi connectivity index (χ4n) is 3.95. The van der Waals surface area contributed by atoms with E-state index in [0.29, 0.717) is 17.8 Å². The molecule has 0 atom stereocenters. The summed E-state index contributed by atoms with van der Waals surface area (Å²) in [5.74, 6) is -0.104. The van der Waals surface area contributed by atoms with Crippen molar-refractivity contribution in [2.45, 2.75) is 13.3 Å². The first kappa shape index (κ1) is 18.9. The normalized spacial score (nSPS) is 12.6. The molecule has 154 valence electrons. The number of anilines is 2. The van der Waals surface area contributed by atoms with Crippen LogP contribution in [0.5, 0.6) is 0 Å². The summed E-state index contributed by atoms with van der Waals surface area (Å²) in [7, 11) is 0. The fourth-order valence-corrected chi connectivity index (χ4v) is 3.95. The highest BCUT2D eigenvalue weighted by Gasteiger charge is 2.24. The van der Waals surface area contributed by atoms with Crippen molar-refractivity contribution < 1.29 is 14.0 Å². The van der Waals surface area contributed by atoms with Crippen LogP contribution in [0.25, 0.3) is 5.69 Å². The lowest BCUT2D eigenvalue weighted by Gasteiger charge is -2.23. The molecular weight excluding hydrogens is 390 g/mol. The largest absolute Gasteiger partial charge is 0.459 e. The molecular formula is C25H21N3O3. The lowest BCUT2D eigenvalue weighted by Crippen LogP contribution is -2.32. The Morgan fingerprint density at radius 2 is 1.71 bits per heavy atom. The number of benzene rings is 2. The van der Waals surface area contributed by atoms with E-state index in [1.807, 2.05) is 48.4 Å². The van der Waals surface area contributed by atoms with Crippen molar-refractivity contribution in [3.05, 3.63) is 102 Å². The van der Waals surface area contributed by atoms with Crippen molar-refractivity contribution in [1.82, 2.24) is 4.57 Å². The van der Waals surface area contributed by atoms with Gasteiger partial charge in [0.1, 0.15) is 0 Å². The summed E-state index contributed by atoms with van der Waals surface area (Å²) in [4.78, 5) is 27.5. The molecule has 0 spiro atoms. The number of para-hydroxylation sites is 2. The van der Waals surface area contributed by atoms with E-state index < -0.39 is 0 Å². The maximum Gasteiger partial charge on any atom is 0.291 e. The van der Waals surface area contributed by atoms with Gasteiger partial charge in [-0.25, -0.2) is 0 Å². The minimum absolute atomic E-state index is 0.0713. The van der Waals surface area contributed by atoms with E-state index in [1.54, 1.807) is 30.3 Å². The Hall–Kier alpha value is -4.06. The van der Waals surface area contributed by atoms with Crippen molar-refractivity contribution in [2.24, 2.45) is 0 Å². The summed E-state index contributed by atoms with van der Waals surface area (Å²) < 4.78 is 7.37. The Morgan fingerprint density at radius 3 is 2.45 bits per heavy atom. The highest BCUT2D eigenvalue weighted by atomic mass is 16.3. The van der Waals surface area contributed by atoms with Crippen LogP contribution in [0.15, 0.2) is 83.6 Å². The van der Waals surface area contributed by atoms with Gasteiger partial charge in [0.25, 0.3) is 11.8 Å². The number of nitrogens with one attached hydrogen (secondary N) is 1. The lowest BCUT2D eigenvalue weighted by molar-refractivity contribution is 0.0984. The number of fused-ring (bicyclic) bond motifs is 3. The fraction of sp³-hybridized carbons (Fsp3) is 0.120. The number of amides is 2. The molecule has 0 bridgehead atoms. The number of nitrogens with zero attached hydrogens (tertiary/aromatic N) is 2. The maximum absolute atomic E-state index is 13.4. The van der Waals surface area contributed by atoms with Crippen LogP contribution in [0.2, 0.25) is 0 Å². The third-order valence-electron chi connectivity index (χ3n) is 5.56. The average Bonchev–Trinajstić information content (AvgIpc) is 3.40. The molecule has 0 radical (unpaired) electrons. The van der Waals surface area contributed by atoms with E-state index in [9.17, 15) is 9.59 Å². The van der Waals surface area contributed by atoms with Crippen LogP contribution in [0, 0.1) is 6.92 Å². The van der Waals surface area contributed by atoms with Gasteiger partial charge in [-0.15, -0.1) is 0 Å². The number of furan rings is 1. The van der Waals surface area contributed by atoms with Crippen LogP contribution in [-0.2, 0) is 6.42 Å². The highest BCUT2D eigenvalue weighted by Crippen LogP contribution is 2.30. The van der Waals surface area contributed by atoms with Crippen LogP contribution in [0.1, 0.15) is 32.2 Å². The second-order valence-electron chi connectivity index (χ2n) is 7.53. The molecule has 5 rings (SSSR count). The molecule has 1 aliphatic heterocycles. The first-order valence-electron chi connectivity index (χ1n) is 10.1. The summed E-state index contributed by atoms with van der Waals surface area (Å²) >= 11 is 0. The van der Waals surface area contributed by atoms with E-state index in [-0.39, 0.29) is 17.6 Å². The van der Waals surface area contributed by atoms with Gasteiger partial charge in [-0.1, -0.05) is 12.1 Å². The van der Waals surface area contributed by atoms with Gasteiger partial charge in [0, 0.05) is 41.7 Å². The van der Waals surface area contributed by atoms with Crippen molar-refractivity contribution in [3.8, 4) is 5.69 Å². The van der Waals surface area contributed by atoms with Gasteiger partial charge in [0.15, 0.2) is 5.76 Å². The van der Waals surface area contributed by atoms with Crippen LogP contribution in [0.4, 0.5) is 11.4 Å². The van der Waals surface area contributed by atoms with Crippen LogP contribution in [0.3, 0.4) is 0 Å². The molecule has 6 heteroatoms. The smallest absolute Gasteiger partial charge is 0.291 e.